The quantitative estimate of drug-likeness (QED) is 0.298. The normalized spacial score (nSPS) is 14.3. The van der Waals surface area contributed by atoms with Gasteiger partial charge < -0.3 is 20.1 Å². The summed E-state index contributed by atoms with van der Waals surface area (Å²) in [6, 6.07) is 10.1. The van der Waals surface area contributed by atoms with Crippen molar-refractivity contribution in [2.24, 2.45) is 0 Å². The van der Waals surface area contributed by atoms with Gasteiger partial charge in [0.05, 0.1) is 11.6 Å². The van der Waals surface area contributed by atoms with Crippen LogP contribution in [0.4, 0.5) is 10.5 Å². The predicted octanol–water partition coefficient (Wildman–Crippen LogP) is 4.12. The second-order valence-corrected chi connectivity index (χ2v) is 7.93. The molecular weight excluding hydrogens is 490 g/mol. The van der Waals surface area contributed by atoms with E-state index in [9.17, 15) is 14.4 Å². The van der Waals surface area contributed by atoms with Crippen molar-refractivity contribution in [3.63, 3.8) is 0 Å². The fourth-order valence-electron chi connectivity index (χ4n) is 3.27. The maximum absolute atomic E-state index is 12.8. The summed E-state index contributed by atoms with van der Waals surface area (Å²) in [5.41, 5.74) is 2.26. The Kier molecular flexibility index (Phi) is 7.89. The summed E-state index contributed by atoms with van der Waals surface area (Å²) in [6.07, 6.45) is 3.86. The van der Waals surface area contributed by atoms with Gasteiger partial charge in [-0.2, -0.15) is 0 Å². The first kappa shape index (κ1) is 24.1. The summed E-state index contributed by atoms with van der Waals surface area (Å²) < 4.78 is 11.6. The van der Waals surface area contributed by atoms with E-state index in [1.165, 1.54) is 13.2 Å². The lowest BCUT2D eigenvalue weighted by molar-refractivity contribution is -0.127. The van der Waals surface area contributed by atoms with Gasteiger partial charge >= 0.3 is 6.03 Å². The molecule has 172 valence electrons. The number of methoxy groups -OCH3 is 1. The van der Waals surface area contributed by atoms with Crippen LogP contribution >= 0.6 is 15.9 Å². The summed E-state index contributed by atoms with van der Waals surface area (Å²) >= 11 is 3.43. The molecule has 2 aromatic rings. The maximum Gasteiger partial charge on any atom is 0.329 e. The van der Waals surface area contributed by atoms with Gasteiger partial charge in [-0.25, -0.2) is 9.69 Å². The number of nitrogens with zero attached hydrogens (tertiary/aromatic N) is 1. The average Bonchev–Trinajstić information content (AvgIpc) is 3.05. The fourth-order valence-corrected chi connectivity index (χ4v) is 3.85. The largest absolute Gasteiger partial charge is 0.493 e. The molecule has 33 heavy (non-hydrogen) atoms. The maximum atomic E-state index is 12.8. The molecule has 2 aromatic carbocycles. The van der Waals surface area contributed by atoms with E-state index in [0.717, 1.165) is 16.9 Å². The third-order valence-electron chi connectivity index (χ3n) is 4.84. The van der Waals surface area contributed by atoms with Gasteiger partial charge in [0.15, 0.2) is 11.5 Å². The van der Waals surface area contributed by atoms with Crippen LogP contribution in [0.3, 0.4) is 0 Å². The standard InChI is InChI=1S/C24H24BrN3O5/c1-4-10-33-22-17(25)11-15(13-20(22)32-3)12-19-23(30)28(24(31)27-19)14-21(29)26-18-9-7-6-8-16(18)5-2/h4,6-9,11-13H,1,5,10,14H2,2-3H3,(H,26,29)(H,27,31)/b19-12+. The second-order valence-electron chi connectivity index (χ2n) is 7.07. The number of para-hydroxylation sites is 1. The Morgan fingerprint density at radius 2 is 2.03 bits per heavy atom. The van der Waals surface area contributed by atoms with Gasteiger partial charge in [0.1, 0.15) is 18.8 Å². The first-order chi connectivity index (χ1) is 15.9. The van der Waals surface area contributed by atoms with Crippen molar-refractivity contribution in [1.82, 2.24) is 10.2 Å². The zero-order chi connectivity index (χ0) is 24.0. The van der Waals surface area contributed by atoms with Crippen molar-refractivity contribution in [2.45, 2.75) is 13.3 Å². The third-order valence-corrected chi connectivity index (χ3v) is 5.43. The molecule has 0 unspecified atom stereocenters. The number of imide groups is 1. The number of urea groups is 1. The summed E-state index contributed by atoms with van der Waals surface area (Å²) in [5, 5.41) is 5.28. The molecular formula is C24H24BrN3O5. The topological polar surface area (TPSA) is 97.0 Å². The van der Waals surface area contributed by atoms with E-state index in [-0.39, 0.29) is 5.70 Å². The molecule has 3 rings (SSSR count). The Hall–Kier alpha value is -3.59. The molecule has 1 aliphatic heterocycles. The summed E-state index contributed by atoms with van der Waals surface area (Å²) in [4.78, 5) is 38.5. The Morgan fingerprint density at radius 3 is 2.73 bits per heavy atom. The van der Waals surface area contributed by atoms with Gasteiger partial charge in [-0.05, 0) is 57.8 Å². The van der Waals surface area contributed by atoms with E-state index in [1.54, 1.807) is 24.3 Å². The van der Waals surface area contributed by atoms with Crippen LogP contribution in [-0.4, -0.2) is 43.0 Å². The molecule has 0 aliphatic carbocycles. The van der Waals surface area contributed by atoms with Crippen LogP contribution in [0, 0.1) is 0 Å². The van der Waals surface area contributed by atoms with Crippen molar-refractivity contribution < 1.29 is 23.9 Å². The lowest BCUT2D eigenvalue weighted by Crippen LogP contribution is -2.38. The molecule has 1 heterocycles. The zero-order valence-corrected chi connectivity index (χ0v) is 19.9. The Morgan fingerprint density at radius 1 is 1.27 bits per heavy atom. The van der Waals surface area contributed by atoms with Crippen molar-refractivity contribution >= 4 is 45.5 Å². The SMILES string of the molecule is C=CCOc1c(Br)cc(/C=C2/NC(=O)N(CC(=O)Nc3ccccc3CC)C2=O)cc1OC. The van der Waals surface area contributed by atoms with Crippen molar-refractivity contribution in [3.8, 4) is 11.5 Å². The van der Waals surface area contributed by atoms with E-state index in [4.69, 9.17) is 9.47 Å². The first-order valence-electron chi connectivity index (χ1n) is 10.2. The van der Waals surface area contributed by atoms with E-state index in [1.807, 2.05) is 25.1 Å². The number of carbonyl (C=O) groups excluding carboxylic acids is 3. The summed E-state index contributed by atoms with van der Waals surface area (Å²) in [6.45, 7) is 5.49. The number of benzene rings is 2. The van der Waals surface area contributed by atoms with E-state index in [0.29, 0.717) is 33.8 Å². The number of anilines is 1. The van der Waals surface area contributed by atoms with Crippen molar-refractivity contribution in [1.29, 1.82) is 0 Å². The number of rotatable bonds is 9. The van der Waals surface area contributed by atoms with Crippen LogP contribution in [0.1, 0.15) is 18.1 Å². The molecule has 0 atom stereocenters. The molecule has 0 spiro atoms. The summed E-state index contributed by atoms with van der Waals surface area (Å²) in [5.74, 6) is -0.123. The Balaban J connectivity index is 1.76. The number of ether oxygens (including phenoxy) is 2. The highest BCUT2D eigenvalue weighted by molar-refractivity contribution is 9.10. The zero-order valence-electron chi connectivity index (χ0n) is 18.3. The van der Waals surface area contributed by atoms with Gasteiger partial charge in [-0.1, -0.05) is 37.8 Å². The molecule has 1 fully saturated rings. The number of amides is 4. The lowest BCUT2D eigenvalue weighted by atomic mass is 10.1. The molecule has 4 amide bonds. The van der Waals surface area contributed by atoms with Gasteiger partial charge in [0, 0.05) is 5.69 Å². The number of aryl methyl sites for hydroxylation is 1. The Bertz CT molecular complexity index is 1130. The molecule has 0 saturated carbocycles. The number of hydrogen-bond acceptors (Lipinski definition) is 5. The number of hydrogen-bond donors (Lipinski definition) is 2. The molecule has 1 saturated heterocycles. The molecule has 0 bridgehead atoms. The highest BCUT2D eigenvalue weighted by Gasteiger charge is 2.35. The molecule has 0 radical (unpaired) electrons. The monoisotopic (exact) mass is 513 g/mol. The molecule has 2 N–H and O–H groups in total. The molecule has 8 nitrogen and oxygen atoms in total. The first-order valence-corrected chi connectivity index (χ1v) is 11.0. The number of halogens is 1. The molecule has 9 heteroatoms. The molecule has 1 aliphatic rings. The van der Waals surface area contributed by atoms with Crippen LogP contribution in [0.2, 0.25) is 0 Å². The van der Waals surface area contributed by atoms with E-state index >= 15 is 0 Å². The number of nitrogens with one attached hydrogen (secondary N) is 2. The van der Waals surface area contributed by atoms with Crippen LogP contribution in [0.5, 0.6) is 11.5 Å². The third kappa shape index (κ3) is 5.61. The number of carbonyl (C=O) groups is 3. The molecule has 0 aromatic heterocycles. The van der Waals surface area contributed by atoms with Gasteiger partial charge in [0.25, 0.3) is 5.91 Å². The highest BCUT2D eigenvalue weighted by Crippen LogP contribution is 2.37. The smallest absolute Gasteiger partial charge is 0.329 e. The predicted molar refractivity (Wildman–Crippen MR) is 129 cm³/mol. The lowest BCUT2D eigenvalue weighted by Gasteiger charge is -2.14. The van der Waals surface area contributed by atoms with Crippen LogP contribution in [0.15, 0.2) is 59.2 Å². The van der Waals surface area contributed by atoms with Gasteiger partial charge in [0.2, 0.25) is 5.91 Å². The Labute approximate surface area is 200 Å². The van der Waals surface area contributed by atoms with E-state index < -0.39 is 24.4 Å². The summed E-state index contributed by atoms with van der Waals surface area (Å²) in [7, 11) is 1.50. The minimum atomic E-state index is -0.665. The van der Waals surface area contributed by atoms with Gasteiger partial charge in [-0.15, -0.1) is 0 Å². The minimum Gasteiger partial charge on any atom is -0.493 e. The fraction of sp³-hybridized carbons (Fsp3) is 0.208. The van der Waals surface area contributed by atoms with Crippen molar-refractivity contribution in [2.75, 3.05) is 25.6 Å². The average molecular weight is 514 g/mol. The van der Waals surface area contributed by atoms with Crippen LogP contribution in [-0.2, 0) is 16.0 Å². The van der Waals surface area contributed by atoms with Crippen LogP contribution in [0.25, 0.3) is 6.08 Å². The van der Waals surface area contributed by atoms with Crippen LogP contribution < -0.4 is 20.1 Å². The second kappa shape index (κ2) is 10.8. The minimum absolute atomic E-state index is 0.0514. The van der Waals surface area contributed by atoms with Gasteiger partial charge in [-0.3, -0.25) is 9.59 Å². The van der Waals surface area contributed by atoms with E-state index in [2.05, 4.69) is 33.1 Å². The highest BCUT2D eigenvalue weighted by atomic mass is 79.9. The van der Waals surface area contributed by atoms with Crippen molar-refractivity contribution in [3.05, 3.63) is 70.3 Å².